The van der Waals surface area contributed by atoms with E-state index in [-0.39, 0.29) is 37.9 Å². The van der Waals surface area contributed by atoms with Gasteiger partial charge < -0.3 is 35.1 Å². The van der Waals surface area contributed by atoms with Gasteiger partial charge in [-0.05, 0) is 75.0 Å². The van der Waals surface area contributed by atoms with Crippen LogP contribution in [-0.4, -0.2) is 110 Å². The number of hydrogen-bond acceptors (Lipinski definition) is 10. The summed E-state index contributed by atoms with van der Waals surface area (Å²) in [6.07, 6.45) is 2.05. The average molecular weight is 813 g/mol. The van der Waals surface area contributed by atoms with Gasteiger partial charge in [-0.3, -0.25) is 28.8 Å². The largest absolute Gasteiger partial charge is 0.444 e. The molecule has 6 amide bonds. The lowest BCUT2D eigenvalue weighted by atomic mass is 9.85. The van der Waals surface area contributed by atoms with Crippen molar-refractivity contribution in [2.24, 2.45) is 11.3 Å². The number of nitrogens with zero attached hydrogens (tertiary/aromatic N) is 2. The molecule has 0 radical (unpaired) electrons. The van der Waals surface area contributed by atoms with Crippen LogP contribution in [0.1, 0.15) is 90.3 Å². The quantitative estimate of drug-likeness (QED) is 0.297. The van der Waals surface area contributed by atoms with E-state index in [4.69, 9.17) is 14.2 Å². The van der Waals surface area contributed by atoms with Crippen molar-refractivity contribution < 1.29 is 47.2 Å². The second-order valence-electron chi connectivity index (χ2n) is 17.8. The normalized spacial score (nSPS) is 28.8. The van der Waals surface area contributed by atoms with Gasteiger partial charge >= 0.3 is 12.2 Å². The molecule has 57 heavy (non-hydrogen) atoms. The highest BCUT2D eigenvalue weighted by atomic mass is 32.2. The topological polar surface area (TPSA) is 202 Å². The van der Waals surface area contributed by atoms with Gasteiger partial charge in [0, 0.05) is 32.0 Å². The molecule has 312 valence electrons. The molecule has 3 fully saturated rings. The van der Waals surface area contributed by atoms with E-state index in [1.54, 1.807) is 52.5 Å². The van der Waals surface area contributed by atoms with Gasteiger partial charge in [-0.2, -0.15) is 0 Å². The van der Waals surface area contributed by atoms with Gasteiger partial charge in [0.25, 0.3) is 5.91 Å². The van der Waals surface area contributed by atoms with Crippen LogP contribution in [0.2, 0.25) is 0 Å². The Balaban J connectivity index is 1.30. The van der Waals surface area contributed by atoms with Crippen LogP contribution < -0.4 is 20.7 Å². The van der Waals surface area contributed by atoms with Crippen LogP contribution in [0.3, 0.4) is 0 Å². The molecular formula is C40H56N6O10S. The molecule has 1 saturated heterocycles. The van der Waals surface area contributed by atoms with Crippen molar-refractivity contribution in [2.45, 2.75) is 134 Å². The van der Waals surface area contributed by atoms with E-state index in [1.807, 2.05) is 18.2 Å². The van der Waals surface area contributed by atoms with Crippen LogP contribution in [0.5, 0.6) is 0 Å². The molecule has 16 nitrogen and oxygen atoms in total. The number of aryl methyl sites for hydroxylation is 1. The maximum Gasteiger partial charge on any atom is 0.410 e. The summed E-state index contributed by atoms with van der Waals surface area (Å²) in [6, 6.07) is 2.21. The van der Waals surface area contributed by atoms with Gasteiger partial charge in [-0.25, -0.2) is 13.8 Å². The van der Waals surface area contributed by atoms with Crippen LogP contribution in [0.25, 0.3) is 0 Å². The van der Waals surface area contributed by atoms with Gasteiger partial charge in [0.05, 0.1) is 18.4 Å². The minimum atomic E-state index is -1.60. The van der Waals surface area contributed by atoms with E-state index >= 15 is 0 Å². The van der Waals surface area contributed by atoms with Crippen LogP contribution in [0, 0.1) is 11.3 Å². The molecule has 5 aliphatic rings. The van der Waals surface area contributed by atoms with Crippen molar-refractivity contribution in [1.29, 1.82) is 0 Å². The summed E-state index contributed by atoms with van der Waals surface area (Å²) < 4.78 is 32.6. The number of amides is 6. The molecule has 4 bridgehead atoms. The first-order valence-corrected chi connectivity index (χ1v) is 20.9. The van der Waals surface area contributed by atoms with Gasteiger partial charge in [0.15, 0.2) is 0 Å². The molecule has 0 spiro atoms. The number of carbonyl (C=O) groups excluding carboxylic acids is 6. The zero-order valence-electron chi connectivity index (χ0n) is 33.6. The van der Waals surface area contributed by atoms with E-state index in [0.29, 0.717) is 25.9 Å². The summed E-state index contributed by atoms with van der Waals surface area (Å²) >= 11 is 0. The monoisotopic (exact) mass is 812 g/mol. The molecular weight excluding hydrogens is 757 g/mol. The van der Waals surface area contributed by atoms with E-state index in [1.165, 1.54) is 4.90 Å². The van der Waals surface area contributed by atoms with E-state index in [2.05, 4.69) is 27.3 Å². The Kier molecular flexibility index (Phi) is 12.1. The van der Waals surface area contributed by atoms with Crippen molar-refractivity contribution in [3.05, 3.63) is 47.5 Å². The minimum Gasteiger partial charge on any atom is -0.444 e. The molecule has 2 aliphatic carbocycles. The molecule has 17 heteroatoms. The number of carbonyl (C=O) groups is 6. The summed E-state index contributed by atoms with van der Waals surface area (Å²) in [5.74, 6) is -3.05. The Labute approximate surface area is 336 Å². The zero-order valence-corrected chi connectivity index (χ0v) is 34.5. The molecule has 1 aromatic rings. The third-order valence-corrected chi connectivity index (χ3v) is 12.4. The van der Waals surface area contributed by atoms with Crippen molar-refractivity contribution in [1.82, 2.24) is 30.5 Å². The number of ether oxygens (including phenoxy) is 3. The predicted octanol–water partition coefficient (Wildman–Crippen LogP) is 2.50. The number of alkyl carbamates (subject to hydrolysis) is 1. The van der Waals surface area contributed by atoms with Crippen molar-refractivity contribution in [3.8, 4) is 0 Å². The van der Waals surface area contributed by atoms with Gasteiger partial charge in [0.1, 0.15) is 46.4 Å². The van der Waals surface area contributed by atoms with Crippen molar-refractivity contribution in [3.63, 3.8) is 0 Å². The Hall–Kier alpha value is -4.51. The fourth-order valence-electron chi connectivity index (χ4n) is 7.59. The maximum atomic E-state index is 14.7. The summed E-state index contributed by atoms with van der Waals surface area (Å²) in [5.41, 5.74) is -0.152. The first kappa shape index (κ1) is 42.1. The molecule has 7 atom stereocenters. The average Bonchev–Trinajstić information content (AvgIpc) is 4.01. The smallest absolute Gasteiger partial charge is 0.410 e. The third-order valence-electron chi connectivity index (χ3n) is 11.0. The molecule has 1 aromatic carbocycles. The molecule has 6 rings (SSSR count). The summed E-state index contributed by atoms with van der Waals surface area (Å²) in [5, 5.41) is 8.12. The summed E-state index contributed by atoms with van der Waals surface area (Å²) in [7, 11) is -1.60. The SMILES string of the molecule is C=CC1CC1(NC(=O)C1CC2CN1C(=O)C(C(C)(C)C)NC(=O)C(NC(=O)OC(C)(C)C)COCCCc1cccc3c1CN(C3)C(=O)O2)C(=O)NS(=O)C1CC1. The lowest BCUT2D eigenvalue weighted by Gasteiger charge is -2.36. The highest BCUT2D eigenvalue weighted by Crippen LogP contribution is 2.45. The fraction of sp³-hybridized carbons (Fsp3) is 0.650. The Morgan fingerprint density at radius 1 is 1.07 bits per heavy atom. The van der Waals surface area contributed by atoms with Crippen LogP contribution in [-0.2, 0) is 63.9 Å². The van der Waals surface area contributed by atoms with Crippen molar-refractivity contribution in [2.75, 3.05) is 19.8 Å². The molecule has 3 aliphatic heterocycles. The van der Waals surface area contributed by atoms with Crippen LogP contribution in [0.15, 0.2) is 30.9 Å². The number of benzene rings is 1. The Bertz CT molecular complexity index is 1820. The van der Waals surface area contributed by atoms with Crippen LogP contribution >= 0.6 is 0 Å². The van der Waals surface area contributed by atoms with E-state index in [9.17, 15) is 33.0 Å². The number of hydrogen-bond donors (Lipinski definition) is 4. The molecule has 0 aromatic heterocycles. The zero-order chi connectivity index (χ0) is 41.4. The van der Waals surface area contributed by atoms with Crippen molar-refractivity contribution >= 4 is 46.8 Å². The van der Waals surface area contributed by atoms with Crippen LogP contribution in [0.4, 0.5) is 9.59 Å². The lowest BCUT2D eigenvalue weighted by Crippen LogP contribution is -2.62. The molecule has 3 heterocycles. The molecule has 4 N–H and O–H groups in total. The lowest BCUT2D eigenvalue weighted by molar-refractivity contribution is -0.145. The fourth-order valence-corrected chi connectivity index (χ4v) is 8.68. The first-order valence-electron chi connectivity index (χ1n) is 19.7. The minimum absolute atomic E-state index is 0.0821. The number of nitrogens with one attached hydrogen (secondary N) is 4. The summed E-state index contributed by atoms with van der Waals surface area (Å²) in [6.45, 7) is 14.7. The highest BCUT2D eigenvalue weighted by molar-refractivity contribution is 7.84. The highest BCUT2D eigenvalue weighted by Gasteiger charge is 2.61. The first-order chi connectivity index (χ1) is 26.8. The standard InChI is InChI=1S/C40H56N6O10S/c1-8-25-18-40(25,35(50)44-57(53)27-14-15-27)43-33(48)30-17-26-20-46(30)34(49)31(38(2,3)4)42-32(47)29(41-36(51)56-39(5,6)7)22-54-16-10-13-23-11-9-12-24-19-45(21-28(23)24)37(52)55-26/h8-9,11-12,25-27,29-31H,1,10,13-22H2,2-7H3,(H,41,51)(H,42,47)(H,43,48)(H,44,50). The maximum absolute atomic E-state index is 14.7. The Morgan fingerprint density at radius 2 is 1.79 bits per heavy atom. The van der Waals surface area contributed by atoms with Gasteiger partial charge in [-0.15, -0.1) is 6.58 Å². The molecule has 2 saturated carbocycles. The van der Waals surface area contributed by atoms with Gasteiger partial charge in [-0.1, -0.05) is 45.0 Å². The second kappa shape index (κ2) is 16.4. The molecule has 7 unspecified atom stereocenters. The van der Waals surface area contributed by atoms with E-state index in [0.717, 1.165) is 29.5 Å². The van der Waals surface area contributed by atoms with E-state index < -0.39 is 93.5 Å². The number of fused-ring (bicyclic) bond motifs is 3. The summed E-state index contributed by atoms with van der Waals surface area (Å²) in [4.78, 5) is 86.1. The Morgan fingerprint density at radius 3 is 2.44 bits per heavy atom. The second-order valence-corrected chi connectivity index (χ2v) is 19.2. The predicted molar refractivity (Wildman–Crippen MR) is 208 cm³/mol. The van der Waals surface area contributed by atoms with Gasteiger partial charge in [0.2, 0.25) is 17.7 Å². The third kappa shape index (κ3) is 9.79. The number of rotatable bonds is 7.